The van der Waals surface area contributed by atoms with Crippen molar-refractivity contribution in [3.05, 3.63) is 94.8 Å². The van der Waals surface area contributed by atoms with Gasteiger partial charge in [-0.3, -0.25) is 14.4 Å². The minimum atomic E-state index is -4.21. The maximum Gasteiger partial charge on any atom is 0.271 e. The highest BCUT2D eigenvalue weighted by atomic mass is 79.9. The van der Waals surface area contributed by atoms with E-state index in [4.69, 9.17) is 46.4 Å². The van der Waals surface area contributed by atoms with Crippen LogP contribution < -0.4 is 4.31 Å². The highest BCUT2D eigenvalue weighted by molar-refractivity contribution is 9.10. The van der Waals surface area contributed by atoms with E-state index in [2.05, 4.69) is 15.9 Å². The van der Waals surface area contributed by atoms with Gasteiger partial charge in [-0.1, -0.05) is 46.4 Å². The van der Waals surface area contributed by atoms with Crippen molar-refractivity contribution in [3.63, 3.8) is 0 Å². The maximum absolute atomic E-state index is 13.6. The van der Waals surface area contributed by atoms with E-state index in [0.29, 0.717) is 20.1 Å². The van der Waals surface area contributed by atoms with Crippen LogP contribution in [-0.4, -0.2) is 19.9 Å². The molecule has 0 unspecified atom stereocenters. The minimum absolute atomic E-state index is 0.0666. The average Bonchev–Trinajstić information content (AvgIpc) is 2.67. The van der Waals surface area contributed by atoms with Gasteiger partial charge in [0.25, 0.3) is 15.7 Å². The number of nitro benzene ring substituents is 1. The van der Waals surface area contributed by atoms with Crippen molar-refractivity contribution >= 4 is 83.7 Å². The van der Waals surface area contributed by atoms with E-state index in [1.54, 1.807) is 18.2 Å². The van der Waals surface area contributed by atoms with Crippen LogP contribution in [0, 0.1) is 10.1 Å². The number of benzene rings is 3. The highest BCUT2D eigenvalue weighted by Crippen LogP contribution is 2.35. The van der Waals surface area contributed by atoms with Gasteiger partial charge >= 0.3 is 0 Å². The summed E-state index contributed by atoms with van der Waals surface area (Å²) < 4.78 is 28.6. The van der Waals surface area contributed by atoms with Gasteiger partial charge in [-0.2, -0.15) is 0 Å². The normalized spacial score (nSPS) is 11.4. The van der Waals surface area contributed by atoms with Gasteiger partial charge in [-0.15, -0.1) is 0 Å². The second-order valence-corrected chi connectivity index (χ2v) is 11.1. The van der Waals surface area contributed by atoms with Gasteiger partial charge in [-0.05, 0) is 70.4 Å². The summed E-state index contributed by atoms with van der Waals surface area (Å²) in [6, 6.07) is 12.7. The Bertz CT molecular complexity index is 1260. The number of non-ortho nitro benzene ring substituents is 1. The zero-order chi connectivity index (χ0) is 23.6. The summed E-state index contributed by atoms with van der Waals surface area (Å²) in [5.74, 6) is 0. The molecule has 3 aromatic rings. The molecule has 32 heavy (non-hydrogen) atoms. The zero-order valence-electron chi connectivity index (χ0n) is 15.9. The summed E-state index contributed by atoms with van der Waals surface area (Å²) in [6.45, 7) is -0.0666. The zero-order valence-corrected chi connectivity index (χ0v) is 21.4. The van der Waals surface area contributed by atoms with E-state index < -0.39 is 14.9 Å². The quantitative estimate of drug-likeness (QED) is 0.209. The van der Waals surface area contributed by atoms with E-state index in [1.165, 1.54) is 36.4 Å². The molecule has 12 heteroatoms. The number of hydrogen-bond donors (Lipinski definition) is 0. The molecule has 0 aliphatic heterocycles. The number of sulfonamides is 1. The summed E-state index contributed by atoms with van der Waals surface area (Å²) in [4.78, 5) is 10.5. The molecule has 0 saturated heterocycles. The monoisotopic (exact) mass is 596 g/mol. The number of anilines is 1. The SMILES string of the molecule is O=[N+]([O-])c1ccc(Br)c(N(CCc2cc(Cl)cc(Cl)c2)S(=O)(=O)c2cc(Cl)cc(Cl)c2)c1. The molecule has 3 aromatic carbocycles. The molecular weight excluding hydrogens is 586 g/mol. The first-order valence-electron chi connectivity index (χ1n) is 8.85. The molecule has 168 valence electrons. The molecule has 0 bridgehead atoms. The predicted molar refractivity (Wildman–Crippen MR) is 132 cm³/mol. The molecule has 6 nitrogen and oxygen atoms in total. The van der Waals surface area contributed by atoms with E-state index in [1.807, 2.05) is 0 Å². The van der Waals surface area contributed by atoms with Crippen molar-refractivity contribution in [3.8, 4) is 0 Å². The molecule has 0 atom stereocenters. The van der Waals surface area contributed by atoms with Gasteiger partial charge < -0.3 is 0 Å². The fourth-order valence-electron chi connectivity index (χ4n) is 2.97. The topological polar surface area (TPSA) is 80.5 Å². The Labute approximate surface area is 213 Å². The van der Waals surface area contributed by atoms with Gasteiger partial charge in [0.05, 0.1) is 15.5 Å². The molecule has 0 aliphatic carbocycles. The molecule has 0 N–H and O–H groups in total. The summed E-state index contributed by atoms with van der Waals surface area (Å²) in [5.41, 5.74) is 0.509. The third-order valence-corrected chi connectivity index (χ3v) is 7.69. The van der Waals surface area contributed by atoms with E-state index in [9.17, 15) is 18.5 Å². The number of nitro groups is 1. The van der Waals surface area contributed by atoms with Crippen molar-refractivity contribution in [1.82, 2.24) is 0 Å². The predicted octanol–water partition coefficient (Wildman–Crippen LogP) is 7.41. The second kappa shape index (κ2) is 10.2. The second-order valence-electron chi connectivity index (χ2n) is 6.60. The Hall–Kier alpha value is -1.55. The van der Waals surface area contributed by atoms with Crippen LogP contribution in [0.3, 0.4) is 0 Å². The molecule has 0 aromatic heterocycles. The van der Waals surface area contributed by atoms with Gasteiger partial charge in [-0.25, -0.2) is 8.42 Å². The molecule has 0 aliphatic rings. The molecule has 0 amide bonds. The van der Waals surface area contributed by atoms with E-state index in [-0.39, 0.29) is 39.3 Å². The molecule has 0 spiro atoms. The minimum Gasteiger partial charge on any atom is -0.265 e. The Balaban J connectivity index is 2.12. The standard InChI is InChI=1S/C20H13BrCl4N2O4S/c21-19-2-1-17(27(28)29)11-20(19)26(4-3-12-5-13(22)7-14(23)6-12)32(30,31)18-9-15(24)8-16(25)10-18/h1-2,5-11H,3-4H2. The van der Waals surface area contributed by atoms with Crippen LogP contribution in [0.1, 0.15) is 5.56 Å². The fraction of sp³-hybridized carbons (Fsp3) is 0.100. The lowest BCUT2D eigenvalue weighted by atomic mass is 10.1. The Morgan fingerprint density at radius 1 is 0.875 bits per heavy atom. The first-order chi connectivity index (χ1) is 15.0. The fourth-order valence-corrected chi connectivity index (χ4v) is 6.32. The number of halogens is 5. The number of hydrogen-bond acceptors (Lipinski definition) is 4. The van der Waals surface area contributed by atoms with Gasteiger partial charge in [0, 0.05) is 43.2 Å². The average molecular weight is 599 g/mol. The number of nitrogens with zero attached hydrogens (tertiary/aromatic N) is 2. The molecule has 0 radical (unpaired) electrons. The highest BCUT2D eigenvalue weighted by Gasteiger charge is 2.28. The summed E-state index contributed by atoms with van der Waals surface area (Å²) >= 11 is 27.4. The van der Waals surface area contributed by atoms with Gasteiger partial charge in [0.1, 0.15) is 0 Å². The third kappa shape index (κ3) is 5.87. The lowest BCUT2D eigenvalue weighted by Gasteiger charge is -2.26. The van der Waals surface area contributed by atoms with Gasteiger partial charge in [0.2, 0.25) is 0 Å². The van der Waals surface area contributed by atoms with Gasteiger partial charge in [0.15, 0.2) is 0 Å². The van der Waals surface area contributed by atoms with Crippen molar-refractivity contribution in [2.75, 3.05) is 10.8 Å². The maximum atomic E-state index is 13.6. The smallest absolute Gasteiger partial charge is 0.265 e. The first-order valence-corrected chi connectivity index (χ1v) is 12.6. The molecule has 0 fully saturated rings. The summed E-state index contributed by atoms with van der Waals surface area (Å²) in [6.07, 6.45) is 0.225. The van der Waals surface area contributed by atoms with E-state index in [0.717, 1.165) is 4.31 Å². The van der Waals surface area contributed by atoms with Crippen molar-refractivity contribution in [2.45, 2.75) is 11.3 Å². The van der Waals surface area contributed by atoms with Crippen LogP contribution >= 0.6 is 62.3 Å². The Morgan fingerprint density at radius 2 is 1.41 bits per heavy atom. The molecule has 0 heterocycles. The van der Waals surface area contributed by atoms with Crippen LogP contribution in [0.25, 0.3) is 0 Å². The third-order valence-electron chi connectivity index (χ3n) is 4.36. The lowest BCUT2D eigenvalue weighted by molar-refractivity contribution is -0.384. The van der Waals surface area contributed by atoms with Crippen LogP contribution in [0.15, 0.2) is 64.0 Å². The van der Waals surface area contributed by atoms with Crippen molar-refractivity contribution in [2.24, 2.45) is 0 Å². The number of rotatable bonds is 7. The van der Waals surface area contributed by atoms with Crippen LogP contribution in [-0.2, 0) is 16.4 Å². The molecular formula is C20H13BrCl4N2O4S. The van der Waals surface area contributed by atoms with Crippen molar-refractivity contribution < 1.29 is 13.3 Å². The summed E-state index contributed by atoms with van der Waals surface area (Å²) in [7, 11) is -4.21. The van der Waals surface area contributed by atoms with E-state index >= 15 is 0 Å². The lowest BCUT2D eigenvalue weighted by Crippen LogP contribution is -2.33. The molecule has 3 rings (SSSR count). The first kappa shape index (κ1) is 25.1. The summed E-state index contributed by atoms with van der Waals surface area (Å²) in [5, 5.41) is 12.4. The van der Waals surface area contributed by atoms with Crippen LogP contribution in [0.2, 0.25) is 20.1 Å². The molecule has 0 saturated carbocycles. The largest absolute Gasteiger partial charge is 0.271 e. The van der Waals surface area contributed by atoms with Crippen LogP contribution in [0.5, 0.6) is 0 Å². The van der Waals surface area contributed by atoms with Crippen LogP contribution in [0.4, 0.5) is 11.4 Å². The Kier molecular flexibility index (Phi) is 7.96. The van der Waals surface area contributed by atoms with Crippen molar-refractivity contribution in [1.29, 1.82) is 0 Å². The Morgan fingerprint density at radius 3 is 1.94 bits per heavy atom.